The Balaban J connectivity index is 2.73. The molecule has 0 aliphatic rings. The molecule has 0 aromatic heterocycles. The van der Waals surface area contributed by atoms with Gasteiger partial charge in [0.1, 0.15) is 5.92 Å². The molecule has 0 heterocycles. The summed E-state index contributed by atoms with van der Waals surface area (Å²) >= 11 is 0. The lowest BCUT2D eigenvalue weighted by Crippen LogP contribution is -2.36. The van der Waals surface area contributed by atoms with Crippen LogP contribution in [0.25, 0.3) is 0 Å². The summed E-state index contributed by atoms with van der Waals surface area (Å²) in [5.41, 5.74) is 5.47. The molecule has 2 amide bonds. The molecule has 3 N–H and O–H groups in total. The third kappa shape index (κ3) is 3.10. The number of carbonyl (C=O) groups excluding carboxylic acids is 2. The van der Waals surface area contributed by atoms with Gasteiger partial charge in [-0.25, -0.2) is 0 Å². The largest absolute Gasteiger partial charge is 0.368 e. The molecule has 5 nitrogen and oxygen atoms in total. The highest BCUT2D eigenvalue weighted by Gasteiger charge is 2.19. The molecular formula is C11H11N3O2. The van der Waals surface area contributed by atoms with Crippen LogP contribution in [0.3, 0.4) is 0 Å². The van der Waals surface area contributed by atoms with E-state index >= 15 is 0 Å². The molecule has 0 radical (unpaired) electrons. The van der Waals surface area contributed by atoms with Crippen molar-refractivity contribution >= 4 is 11.8 Å². The van der Waals surface area contributed by atoms with Gasteiger partial charge in [0.2, 0.25) is 11.8 Å². The van der Waals surface area contributed by atoms with E-state index in [0.29, 0.717) is 5.56 Å². The van der Waals surface area contributed by atoms with Crippen molar-refractivity contribution in [2.45, 2.75) is 5.92 Å². The minimum Gasteiger partial charge on any atom is -0.368 e. The van der Waals surface area contributed by atoms with Gasteiger partial charge in [0.25, 0.3) is 0 Å². The van der Waals surface area contributed by atoms with Crippen molar-refractivity contribution in [2.24, 2.45) is 5.73 Å². The predicted molar refractivity (Wildman–Crippen MR) is 57.0 cm³/mol. The molecule has 0 fully saturated rings. The summed E-state index contributed by atoms with van der Waals surface area (Å²) in [6.45, 7) is -0.260. The van der Waals surface area contributed by atoms with Crippen LogP contribution in [0.5, 0.6) is 0 Å². The molecule has 0 saturated heterocycles. The molecule has 0 aliphatic carbocycles. The van der Waals surface area contributed by atoms with Gasteiger partial charge in [0.15, 0.2) is 0 Å². The second-order valence-corrected chi connectivity index (χ2v) is 3.16. The Morgan fingerprint density at radius 1 is 1.38 bits per heavy atom. The third-order valence-corrected chi connectivity index (χ3v) is 1.96. The van der Waals surface area contributed by atoms with Crippen LogP contribution < -0.4 is 11.1 Å². The fraction of sp³-hybridized carbons (Fsp3) is 0.182. The second kappa shape index (κ2) is 5.51. The molecule has 1 aromatic carbocycles. The highest BCUT2D eigenvalue weighted by Crippen LogP contribution is 2.14. The first-order valence-electron chi connectivity index (χ1n) is 4.65. The van der Waals surface area contributed by atoms with Crippen molar-refractivity contribution in [1.29, 1.82) is 5.26 Å². The highest BCUT2D eigenvalue weighted by molar-refractivity contribution is 5.89. The molecule has 1 atom stereocenters. The first kappa shape index (κ1) is 11.7. The van der Waals surface area contributed by atoms with Crippen LogP contribution in [0.4, 0.5) is 0 Å². The first-order chi connectivity index (χ1) is 7.65. The number of hydrogen-bond acceptors (Lipinski definition) is 3. The van der Waals surface area contributed by atoms with Gasteiger partial charge in [-0.05, 0) is 5.56 Å². The van der Waals surface area contributed by atoms with Gasteiger partial charge in [-0.15, -0.1) is 0 Å². The van der Waals surface area contributed by atoms with Crippen LogP contribution >= 0.6 is 0 Å². The Kier molecular flexibility index (Phi) is 4.04. The van der Waals surface area contributed by atoms with Crippen LogP contribution in [-0.4, -0.2) is 18.4 Å². The van der Waals surface area contributed by atoms with E-state index in [1.807, 2.05) is 6.07 Å². The van der Waals surface area contributed by atoms with Gasteiger partial charge in [-0.2, -0.15) is 5.26 Å². The number of amides is 2. The minimum atomic E-state index is -0.916. The normalized spacial score (nSPS) is 11.2. The fourth-order valence-corrected chi connectivity index (χ4v) is 1.21. The number of rotatable bonds is 4. The Morgan fingerprint density at radius 2 is 2.00 bits per heavy atom. The standard InChI is InChI=1S/C11H11N3O2/c12-6-9(8-4-2-1-3-5-8)11(16)14-7-10(13)15/h1-5,9H,7H2,(H2,13,15)(H,14,16). The van der Waals surface area contributed by atoms with E-state index in [1.165, 1.54) is 0 Å². The molecule has 0 saturated carbocycles. The Morgan fingerprint density at radius 3 is 2.50 bits per heavy atom. The summed E-state index contributed by atoms with van der Waals surface area (Å²) in [6, 6.07) is 10.5. The van der Waals surface area contributed by atoms with E-state index < -0.39 is 17.7 Å². The average Bonchev–Trinajstić information content (AvgIpc) is 2.29. The zero-order valence-electron chi connectivity index (χ0n) is 8.51. The van der Waals surface area contributed by atoms with Crippen molar-refractivity contribution in [3.8, 4) is 6.07 Å². The van der Waals surface area contributed by atoms with E-state index in [4.69, 9.17) is 11.0 Å². The van der Waals surface area contributed by atoms with E-state index in [9.17, 15) is 9.59 Å². The molecule has 82 valence electrons. The molecule has 5 heteroatoms. The Bertz CT molecular complexity index is 423. The van der Waals surface area contributed by atoms with Crippen molar-refractivity contribution in [1.82, 2.24) is 5.32 Å². The number of primary amides is 1. The molecular weight excluding hydrogens is 206 g/mol. The average molecular weight is 217 g/mol. The maximum atomic E-state index is 11.5. The number of carbonyl (C=O) groups is 2. The number of nitrogens with one attached hydrogen (secondary N) is 1. The number of nitriles is 1. The number of nitrogens with zero attached hydrogens (tertiary/aromatic N) is 1. The lowest BCUT2D eigenvalue weighted by Gasteiger charge is -2.08. The third-order valence-electron chi connectivity index (χ3n) is 1.96. The molecule has 0 bridgehead atoms. The van der Waals surface area contributed by atoms with E-state index in [1.54, 1.807) is 30.3 Å². The Labute approximate surface area is 92.9 Å². The van der Waals surface area contributed by atoms with Crippen molar-refractivity contribution in [3.63, 3.8) is 0 Å². The molecule has 0 spiro atoms. The van der Waals surface area contributed by atoms with Gasteiger partial charge in [-0.3, -0.25) is 9.59 Å². The SMILES string of the molecule is N#CC(C(=O)NCC(N)=O)c1ccccc1. The summed E-state index contributed by atoms with van der Waals surface area (Å²) in [5.74, 6) is -2.08. The molecule has 1 unspecified atom stereocenters. The lowest BCUT2D eigenvalue weighted by molar-refractivity contribution is -0.125. The van der Waals surface area contributed by atoms with E-state index in [2.05, 4.69) is 5.32 Å². The fourth-order valence-electron chi connectivity index (χ4n) is 1.21. The lowest BCUT2D eigenvalue weighted by atomic mass is 10.00. The highest BCUT2D eigenvalue weighted by atomic mass is 16.2. The van der Waals surface area contributed by atoms with Crippen LogP contribution in [0, 0.1) is 11.3 Å². The van der Waals surface area contributed by atoms with Gasteiger partial charge in [0, 0.05) is 0 Å². The molecule has 16 heavy (non-hydrogen) atoms. The van der Waals surface area contributed by atoms with E-state index in [0.717, 1.165) is 0 Å². The smallest absolute Gasteiger partial charge is 0.242 e. The first-order valence-corrected chi connectivity index (χ1v) is 4.65. The van der Waals surface area contributed by atoms with Gasteiger partial charge >= 0.3 is 0 Å². The maximum absolute atomic E-state index is 11.5. The summed E-state index contributed by atoms with van der Waals surface area (Å²) < 4.78 is 0. The predicted octanol–water partition coefficient (Wildman–Crippen LogP) is -0.105. The van der Waals surface area contributed by atoms with Crippen molar-refractivity contribution < 1.29 is 9.59 Å². The number of benzene rings is 1. The van der Waals surface area contributed by atoms with Crippen LogP contribution in [0.2, 0.25) is 0 Å². The summed E-state index contributed by atoms with van der Waals surface area (Å²) in [7, 11) is 0. The topological polar surface area (TPSA) is 96.0 Å². The van der Waals surface area contributed by atoms with Crippen molar-refractivity contribution in [2.75, 3.05) is 6.54 Å². The van der Waals surface area contributed by atoms with Gasteiger partial charge in [0.05, 0.1) is 12.6 Å². The second-order valence-electron chi connectivity index (χ2n) is 3.16. The zero-order valence-corrected chi connectivity index (χ0v) is 8.51. The minimum absolute atomic E-state index is 0.260. The number of hydrogen-bond donors (Lipinski definition) is 2. The summed E-state index contributed by atoms with van der Waals surface area (Å²) in [6.07, 6.45) is 0. The zero-order chi connectivity index (χ0) is 12.0. The monoisotopic (exact) mass is 217 g/mol. The summed E-state index contributed by atoms with van der Waals surface area (Å²) in [5, 5.41) is 11.2. The van der Waals surface area contributed by atoms with Crippen LogP contribution in [0.15, 0.2) is 30.3 Å². The van der Waals surface area contributed by atoms with Gasteiger partial charge < -0.3 is 11.1 Å². The summed E-state index contributed by atoms with van der Waals surface area (Å²) in [4.78, 5) is 22.0. The van der Waals surface area contributed by atoms with Crippen molar-refractivity contribution in [3.05, 3.63) is 35.9 Å². The Hall–Kier alpha value is -2.35. The van der Waals surface area contributed by atoms with Crippen LogP contribution in [-0.2, 0) is 9.59 Å². The van der Waals surface area contributed by atoms with Gasteiger partial charge in [-0.1, -0.05) is 30.3 Å². The van der Waals surface area contributed by atoms with Crippen LogP contribution in [0.1, 0.15) is 11.5 Å². The quantitative estimate of drug-likeness (QED) is 0.736. The molecule has 1 aromatic rings. The van der Waals surface area contributed by atoms with E-state index in [-0.39, 0.29) is 6.54 Å². The number of nitrogens with two attached hydrogens (primary N) is 1. The molecule has 0 aliphatic heterocycles. The maximum Gasteiger partial charge on any atom is 0.242 e. The molecule has 1 rings (SSSR count).